The summed E-state index contributed by atoms with van der Waals surface area (Å²) in [4.78, 5) is 15.1. The van der Waals surface area contributed by atoms with Crippen LogP contribution in [0.1, 0.15) is 35.4 Å². The van der Waals surface area contributed by atoms with Gasteiger partial charge in [0.2, 0.25) is 0 Å². The van der Waals surface area contributed by atoms with Gasteiger partial charge in [0.05, 0.1) is 29.8 Å². The van der Waals surface area contributed by atoms with Gasteiger partial charge in [-0.2, -0.15) is 0 Å². The average Bonchev–Trinajstić information content (AvgIpc) is 3.08. The first-order chi connectivity index (χ1) is 10.7. The largest absolute Gasteiger partial charge is 0.394 e. The van der Waals surface area contributed by atoms with Gasteiger partial charge in [-0.25, -0.2) is 0 Å². The van der Waals surface area contributed by atoms with Crippen LogP contribution in [0.5, 0.6) is 0 Å². The molecule has 1 aromatic heterocycles. The first-order valence-electron chi connectivity index (χ1n) is 7.92. The number of carbonyl (C=O) groups is 1. The van der Waals surface area contributed by atoms with Gasteiger partial charge in [-0.3, -0.25) is 4.79 Å². The SMILES string of the molecule is O=C(c1cccs1)N1CCC2(CC1)CC(OCCO)CCO2. The molecule has 3 heterocycles. The van der Waals surface area contributed by atoms with E-state index in [4.69, 9.17) is 14.6 Å². The normalized spacial score (nSPS) is 24.6. The zero-order valence-electron chi connectivity index (χ0n) is 12.7. The summed E-state index contributed by atoms with van der Waals surface area (Å²) in [6.45, 7) is 2.64. The number of thiophene rings is 1. The van der Waals surface area contributed by atoms with Crippen molar-refractivity contribution in [3.05, 3.63) is 22.4 Å². The van der Waals surface area contributed by atoms with Crippen molar-refractivity contribution in [3.63, 3.8) is 0 Å². The van der Waals surface area contributed by atoms with Crippen LogP contribution in [0, 0.1) is 0 Å². The maximum absolute atomic E-state index is 12.4. The Morgan fingerprint density at radius 3 is 3.00 bits per heavy atom. The third-order valence-corrected chi connectivity index (χ3v) is 5.44. The van der Waals surface area contributed by atoms with Gasteiger partial charge in [0.25, 0.3) is 5.91 Å². The molecule has 1 spiro atoms. The van der Waals surface area contributed by atoms with Crippen LogP contribution in [0.25, 0.3) is 0 Å². The first kappa shape index (κ1) is 15.9. The molecule has 2 aliphatic rings. The molecule has 0 aliphatic carbocycles. The van der Waals surface area contributed by atoms with Crippen molar-refractivity contribution in [3.8, 4) is 0 Å². The Bertz CT molecular complexity index is 482. The Kier molecular flexibility index (Phi) is 5.13. The molecule has 5 nitrogen and oxygen atoms in total. The van der Waals surface area contributed by atoms with Gasteiger partial charge < -0.3 is 19.5 Å². The van der Waals surface area contributed by atoms with Crippen molar-refractivity contribution in [1.82, 2.24) is 4.90 Å². The van der Waals surface area contributed by atoms with Gasteiger partial charge in [-0.15, -0.1) is 11.3 Å². The lowest BCUT2D eigenvalue weighted by molar-refractivity contribution is -0.154. The number of piperidine rings is 1. The number of amides is 1. The third-order valence-electron chi connectivity index (χ3n) is 4.59. The molecule has 2 fully saturated rings. The lowest BCUT2D eigenvalue weighted by atomic mass is 9.83. The molecular weight excluding hydrogens is 302 g/mol. The number of likely N-dealkylation sites (tertiary alicyclic amines) is 1. The highest BCUT2D eigenvalue weighted by atomic mass is 32.1. The van der Waals surface area contributed by atoms with Crippen LogP contribution in [0.15, 0.2) is 17.5 Å². The highest BCUT2D eigenvalue weighted by Crippen LogP contribution is 2.36. The van der Waals surface area contributed by atoms with E-state index in [1.807, 2.05) is 22.4 Å². The van der Waals surface area contributed by atoms with Crippen LogP contribution in [0.2, 0.25) is 0 Å². The minimum absolute atomic E-state index is 0.0629. The summed E-state index contributed by atoms with van der Waals surface area (Å²) >= 11 is 1.50. The molecule has 6 heteroatoms. The monoisotopic (exact) mass is 325 g/mol. The van der Waals surface area contributed by atoms with E-state index in [1.54, 1.807) is 0 Å². The molecule has 1 atom stereocenters. The highest BCUT2D eigenvalue weighted by Gasteiger charge is 2.41. The molecule has 22 heavy (non-hydrogen) atoms. The standard InChI is InChI=1S/C16H23NO4S/c18-8-10-20-13-3-9-21-16(12-13)4-6-17(7-5-16)15(19)14-2-1-11-22-14/h1-2,11,13,18H,3-10,12H2. The fourth-order valence-electron chi connectivity index (χ4n) is 3.37. The molecule has 1 amide bonds. The Morgan fingerprint density at radius 2 is 2.32 bits per heavy atom. The number of aliphatic hydroxyl groups excluding tert-OH is 1. The van der Waals surface area contributed by atoms with Crippen LogP contribution >= 0.6 is 11.3 Å². The summed E-state index contributed by atoms with van der Waals surface area (Å²) in [5.74, 6) is 0.133. The fourth-order valence-corrected chi connectivity index (χ4v) is 4.06. The number of aliphatic hydroxyl groups is 1. The second kappa shape index (κ2) is 7.08. The van der Waals surface area contributed by atoms with E-state index in [1.165, 1.54) is 11.3 Å². The van der Waals surface area contributed by atoms with Crippen LogP contribution < -0.4 is 0 Å². The van der Waals surface area contributed by atoms with Crippen LogP contribution in [-0.2, 0) is 9.47 Å². The predicted molar refractivity (Wildman–Crippen MR) is 84.2 cm³/mol. The van der Waals surface area contributed by atoms with Crippen LogP contribution in [-0.4, -0.2) is 60.5 Å². The Hall–Kier alpha value is -0.950. The van der Waals surface area contributed by atoms with Gasteiger partial charge in [-0.1, -0.05) is 6.07 Å². The van der Waals surface area contributed by atoms with Gasteiger partial charge in [0.1, 0.15) is 0 Å². The third kappa shape index (κ3) is 3.51. The zero-order chi connectivity index (χ0) is 15.4. The molecule has 3 rings (SSSR count). The van der Waals surface area contributed by atoms with E-state index in [9.17, 15) is 4.79 Å². The fraction of sp³-hybridized carbons (Fsp3) is 0.688. The van der Waals surface area contributed by atoms with Crippen molar-refractivity contribution in [2.45, 2.75) is 37.4 Å². The molecule has 122 valence electrons. The van der Waals surface area contributed by atoms with Gasteiger partial charge >= 0.3 is 0 Å². The van der Waals surface area contributed by atoms with E-state index < -0.39 is 0 Å². The maximum Gasteiger partial charge on any atom is 0.263 e. The summed E-state index contributed by atoms with van der Waals surface area (Å²) in [6, 6.07) is 3.80. The van der Waals surface area contributed by atoms with E-state index in [0.717, 1.165) is 43.6 Å². The Morgan fingerprint density at radius 1 is 1.50 bits per heavy atom. The molecule has 0 bridgehead atoms. The van der Waals surface area contributed by atoms with Crippen molar-refractivity contribution in [2.24, 2.45) is 0 Å². The van der Waals surface area contributed by atoms with Crippen molar-refractivity contribution in [1.29, 1.82) is 0 Å². The number of carbonyl (C=O) groups excluding carboxylic acids is 1. The lowest BCUT2D eigenvalue weighted by Crippen LogP contribution is -2.52. The van der Waals surface area contributed by atoms with Crippen LogP contribution in [0.3, 0.4) is 0 Å². The Balaban J connectivity index is 1.55. The molecule has 1 unspecified atom stereocenters. The number of hydrogen-bond acceptors (Lipinski definition) is 5. The molecule has 0 radical (unpaired) electrons. The predicted octanol–water partition coefficient (Wildman–Crippen LogP) is 1.91. The highest BCUT2D eigenvalue weighted by molar-refractivity contribution is 7.12. The van der Waals surface area contributed by atoms with Crippen molar-refractivity contribution < 1.29 is 19.4 Å². The topological polar surface area (TPSA) is 59.0 Å². The summed E-state index contributed by atoms with van der Waals surface area (Å²) in [5.41, 5.74) is -0.148. The van der Waals surface area contributed by atoms with Gasteiger partial charge in [0, 0.05) is 26.1 Å². The average molecular weight is 325 g/mol. The summed E-state index contributed by atoms with van der Waals surface area (Å²) in [6.07, 6.45) is 3.65. The second-order valence-electron chi connectivity index (χ2n) is 6.01. The minimum Gasteiger partial charge on any atom is -0.394 e. The number of nitrogens with zero attached hydrogens (tertiary/aromatic N) is 1. The van der Waals surface area contributed by atoms with Crippen molar-refractivity contribution >= 4 is 17.2 Å². The summed E-state index contributed by atoms with van der Waals surface area (Å²) in [7, 11) is 0. The van der Waals surface area contributed by atoms with E-state index in [-0.39, 0.29) is 24.2 Å². The molecule has 0 aromatic carbocycles. The van der Waals surface area contributed by atoms with Gasteiger partial charge in [-0.05, 0) is 30.7 Å². The van der Waals surface area contributed by atoms with E-state index >= 15 is 0 Å². The van der Waals surface area contributed by atoms with Crippen LogP contribution in [0.4, 0.5) is 0 Å². The van der Waals surface area contributed by atoms with Gasteiger partial charge in [0.15, 0.2) is 0 Å². The van der Waals surface area contributed by atoms with E-state index in [2.05, 4.69) is 0 Å². The quantitative estimate of drug-likeness (QED) is 0.919. The zero-order valence-corrected chi connectivity index (χ0v) is 13.5. The molecule has 0 saturated carbocycles. The Labute approximate surface area is 134 Å². The molecule has 1 aromatic rings. The molecule has 1 N–H and O–H groups in total. The second-order valence-corrected chi connectivity index (χ2v) is 6.96. The van der Waals surface area contributed by atoms with Crippen molar-refractivity contribution in [2.75, 3.05) is 32.9 Å². The molecular formula is C16H23NO4S. The number of rotatable bonds is 4. The summed E-state index contributed by atoms with van der Waals surface area (Å²) in [5, 5.41) is 10.8. The van der Waals surface area contributed by atoms with E-state index in [0.29, 0.717) is 13.2 Å². The lowest BCUT2D eigenvalue weighted by Gasteiger charge is -2.46. The first-order valence-corrected chi connectivity index (χ1v) is 8.80. The smallest absolute Gasteiger partial charge is 0.263 e. The molecule has 2 aliphatic heterocycles. The maximum atomic E-state index is 12.4. The molecule has 2 saturated heterocycles. The number of hydrogen-bond donors (Lipinski definition) is 1. The minimum atomic E-state index is -0.148. The summed E-state index contributed by atoms with van der Waals surface area (Å²) < 4.78 is 11.7. The number of ether oxygens (including phenoxy) is 2.